The van der Waals surface area contributed by atoms with Gasteiger partial charge in [0, 0.05) is 17.5 Å². The maximum atomic E-state index is 9.61. The van der Waals surface area contributed by atoms with Crippen LogP contribution in [0.3, 0.4) is 0 Å². The summed E-state index contributed by atoms with van der Waals surface area (Å²) in [4.78, 5) is 0. The van der Waals surface area contributed by atoms with Gasteiger partial charge in [-0.3, -0.25) is 0 Å². The minimum absolute atomic E-state index is 0.603. The largest absolute Gasteiger partial charge is 0.497 e. The Morgan fingerprint density at radius 1 is 1.20 bits per heavy atom. The summed E-state index contributed by atoms with van der Waals surface area (Å²) in [6.07, 6.45) is 0.603. The van der Waals surface area contributed by atoms with Crippen molar-refractivity contribution in [1.29, 1.82) is 5.26 Å². The molecule has 3 nitrogen and oxygen atoms in total. The summed E-state index contributed by atoms with van der Waals surface area (Å²) < 4.78 is 11.3. The highest BCUT2D eigenvalue weighted by Gasteiger charge is 2.39. The van der Waals surface area contributed by atoms with Gasteiger partial charge in [-0.25, -0.2) is 0 Å². The zero-order valence-corrected chi connectivity index (χ0v) is 11.5. The first kappa shape index (κ1) is 12.6. The molecule has 1 atom stereocenters. The Morgan fingerprint density at radius 2 is 2.00 bits per heavy atom. The molecule has 0 spiro atoms. The minimum atomic E-state index is -0.905. The second kappa shape index (κ2) is 4.57. The molecule has 1 aliphatic rings. The average molecular weight is 265 g/mol. The molecule has 1 aliphatic heterocycles. The van der Waals surface area contributed by atoms with Crippen LogP contribution in [0.2, 0.25) is 0 Å². The summed E-state index contributed by atoms with van der Waals surface area (Å²) in [5.74, 6) is 1.51. The van der Waals surface area contributed by atoms with Gasteiger partial charge < -0.3 is 9.47 Å². The highest BCUT2D eigenvalue weighted by Crippen LogP contribution is 2.47. The van der Waals surface area contributed by atoms with Gasteiger partial charge in [0.05, 0.1) is 7.11 Å². The van der Waals surface area contributed by atoms with Gasteiger partial charge in [0.2, 0.25) is 5.60 Å². The van der Waals surface area contributed by atoms with E-state index in [4.69, 9.17) is 9.47 Å². The van der Waals surface area contributed by atoms with Crippen molar-refractivity contribution in [2.45, 2.75) is 18.9 Å². The molecule has 3 heteroatoms. The standard InChI is InChI=1S/C17H15NO2/c1-3-17(11-18)15-7-5-4-6-13(15)14-10-12(19-2)8-9-16(14)20-17/h4-10H,3H2,1-2H3. The Labute approximate surface area is 118 Å². The molecule has 0 saturated carbocycles. The SMILES string of the molecule is CCC1(C#N)Oc2ccc(OC)cc2-c2ccccc21. The van der Waals surface area contributed by atoms with Crippen LogP contribution < -0.4 is 9.47 Å². The highest BCUT2D eigenvalue weighted by molar-refractivity contribution is 5.78. The van der Waals surface area contributed by atoms with Crippen LogP contribution >= 0.6 is 0 Å². The normalized spacial score (nSPS) is 19.2. The number of hydrogen-bond acceptors (Lipinski definition) is 3. The van der Waals surface area contributed by atoms with Crippen LogP contribution in [0.15, 0.2) is 42.5 Å². The van der Waals surface area contributed by atoms with E-state index in [0.717, 1.165) is 28.2 Å². The van der Waals surface area contributed by atoms with Crippen LogP contribution in [-0.4, -0.2) is 7.11 Å². The third kappa shape index (κ3) is 1.65. The van der Waals surface area contributed by atoms with Crippen molar-refractivity contribution in [2.24, 2.45) is 0 Å². The van der Waals surface area contributed by atoms with Gasteiger partial charge in [0.25, 0.3) is 0 Å². The molecular weight excluding hydrogens is 250 g/mol. The Kier molecular flexibility index (Phi) is 2.87. The predicted octanol–water partition coefficient (Wildman–Crippen LogP) is 3.88. The lowest BCUT2D eigenvalue weighted by atomic mass is 9.83. The molecule has 20 heavy (non-hydrogen) atoms. The molecular formula is C17H15NO2. The fourth-order valence-electron chi connectivity index (χ4n) is 2.67. The zero-order valence-electron chi connectivity index (χ0n) is 11.5. The molecule has 0 aliphatic carbocycles. The Balaban J connectivity index is 2.29. The van der Waals surface area contributed by atoms with E-state index < -0.39 is 5.60 Å². The number of hydrogen-bond donors (Lipinski definition) is 0. The average Bonchev–Trinajstić information content (AvgIpc) is 2.53. The second-order valence-electron chi connectivity index (χ2n) is 4.80. The number of fused-ring (bicyclic) bond motifs is 3. The lowest BCUT2D eigenvalue weighted by molar-refractivity contribution is 0.120. The van der Waals surface area contributed by atoms with Crippen molar-refractivity contribution in [1.82, 2.24) is 0 Å². The van der Waals surface area contributed by atoms with Crippen molar-refractivity contribution in [3.8, 4) is 28.7 Å². The van der Waals surface area contributed by atoms with Crippen molar-refractivity contribution >= 4 is 0 Å². The van der Waals surface area contributed by atoms with Gasteiger partial charge in [-0.05, 0) is 23.8 Å². The number of nitriles is 1. The fourth-order valence-corrected chi connectivity index (χ4v) is 2.67. The fraction of sp³-hybridized carbons (Fsp3) is 0.235. The molecule has 3 rings (SSSR count). The van der Waals surface area contributed by atoms with Gasteiger partial charge in [-0.1, -0.05) is 31.2 Å². The van der Waals surface area contributed by atoms with E-state index >= 15 is 0 Å². The molecule has 0 bridgehead atoms. The first-order chi connectivity index (χ1) is 9.74. The van der Waals surface area contributed by atoms with E-state index in [9.17, 15) is 5.26 Å². The summed E-state index contributed by atoms with van der Waals surface area (Å²) in [5.41, 5.74) is 2.03. The zero-order chi connectivity index (χ0) is 14.2. The lowest BCUT2D eigenvalue weighted by Crippen LogP contribution is -2.33. The third-order valence-corrected chi connectivity index (χ3v) is 3.80. The predicted molar refractivity (Wildman–Crippen MR) is 76.6 cm³/mol. The van der Waals surface area contributed by atoms with Crippen LogP contribution in [0.5, 0.6) is 11.5 Å². The van der Waals surface area contributed by atoms with Crippen molar-refractivity contribution in [3.63, 3.8) is 0 Å². The van der Waals surface area contributed by atoms with E-state index in [1.807, 2.05) is 49.4 Å². The molecule has 0 aromatic heterocycles. The van der Waals surface area contributed by atoms with Gasteiger partial charge in [-0.15, -0.1) is 0 Å². The molecule has 1 heterocycles. The maximum absolute atomic E-state index is 9.61. The van der Waals surface area contributed by atoms with Gasteiger partial charge >= 0.3 is 0 Å². The molecule has 0 fully saturated rings. The molecule has 0 saturated heterocycles. The van der Waals surface area contributed by atoms with Crippen LogP contribution in [0.1, 0.15) is 18.9 Å². The summed E-state index contributed by atoms with van der Waals surface area (Å²) in [7, 11) is 1.64. The van der Waals surface area contributed by atoms with E-state index in [1.54, 1.807) is 7.11 Å². The van der Waals surface area contributed by atoms with Crippen LogP contribution in [0.25, 0.3) is 11.1 Å². The number of rotatable bonds is 2. The molecule has 0 N–H and O–H groups in total. The maximum Gasteiger partial charge on any atom is 0.220 e. The first-order valence-electron chi connectivity index (χ1n) is 6.62. The smallest absolute Gasteiger partial charge is 0.220 e. The second-order valence-corrected chi connectivity index (χ2v) is 4.80. The van der Waals surface area contributed by atoms with Crippen molar-refractivity contribution in [3.05, 3.63) is 48.0 Å². The van der Waals surface area contributed by atoms with Crippen molar-refractivity contribution in [2.75, 3.05) is 7.11 Å². The Hall–Kier alpha value is -2.47. The molecule has 2 aromatic carbocycles. The number of benzene rings is 2. The Morgan fingerprint density at radius 3 is 2.70 bits per heavy atom. The van der Waals surface area contributed by atoms with E-state index in [-0.39, 0.29) is 0 Å². The van der Waals surface area contributed by atoms with E-state index in [1.165, 1.54) is 0 Å². The van der Waals surface area contributed by atoms with Gasteiger partial charge in [0.15, 0.2) is 0 Å². The van der Waals surface area contributed by atoms with Crippen LogP contribution in [-0.2, 0) is 5.60 Å². The molecule has 0 radical (unpaired) electrons. The van der Waals surface area contributed by atoms with E-state index in [2.05, 4.69) is 6.07 Å². The number of ether oxygens (including phenoxy) is 2. The molecule has 2 aromatic rings. The van der Waals surface area contributed by atoms with Gasteiger partial charge in [-0.2, -0.15) is 5.26 Å². The highest BCUT2D eigenvalue weighted by atomic mass is 16.5. The monoisotopic (exact) mass is 265 g/mol. The first-order valence-corrected chi connectivity index (χ1v) is 6.62. The molecule has 100 valence electrons. The molecule has 1 unspecified atom stereocenters. The van der Waals surface area contributed by atoms with Crippen molar-refractivity contribution < 1.29 is 9.47 Å². The Bertz CT molecular complexity index is 702. The number of methoxy groups -OCH3 is 1. The van der Waals surface area contributed by atoms with E-state index in [0.29, 0.717) is 6.42 Å². The van der Waals surface area contributed by atoms with Crippen LogP contribution in [0, 0.1) is 11.3 Å². The number of nitrogens with zero attached hydrogens (tertiary/aromatic N) is 1. The topological polar surface area (TPSA) is 42.2 Å². The lowest BCUT2D eigenvalue weighted by Gasteiger charge is -2.34. The van der Waals surface area contributed by atoms with Crippen LogP contribution in [0.4, 0.5) is 0 Å². The minimum Gasteiger partial charge on any atom is -0.497 e. The van der Waals surface area contributed by atoms with Gasteiger partial charge in [0.1, 0.15) is 17.6 Å². The summed E-state index contributed by atoms with van der Waals surface area (Å²) in [6, 6.07) is 15.9. The quantitative estimate of drug-likeness (QED) is 0.827. The third-order valence-electron chi connectivity index (χ3n) is 3.80. The summed E-state index contributed by atoms with van der Waals surface area (Å²) in [5, 5.41) is 9.61. The summed E-state index contributed by atoms with van der Waals surface area (Å²) >= 11 is 0. The molecule has 0 amide bonds. The summed E-state index contributed by atoms with van der Waals surface area (Å²) in [6.45, 7) is 1.97.